The van der Waals surface area contributed by atoms with Crippen LogP contribution in [0.3, 0.4) is 0 Å². The van der Waals surface area contributed by atoms with Crippen LogP contribution in [0.4, 0.5) is 5.13 Å². The molecule has 1 heterocycles. The van der Waals surface area contributed by atoms with Crippen molar-refractivity contribution in [3.8, 4) is 5.75 Å². The van der Waals surface area contributed by atoms with Gasteiger partial charge in [-0.05, 0) is 44.3 Å². The summed E-state index contributed by atoms with van der Waals surface area (Å²) in [5.74, 6) is 0.145. The minimum Gasteiger partial charge on any atom is -0.497 e. The number of rotatable bonds is 11. The predicted molar refractivity (Wildman–Crippen MR) is 115 cm³/mol. The van der Waals surface area contributed by atoms with Crippen LogP contribution >= 0.6 is 11.3 Å². The molecule has 0 atom stereocenters. The Hall–Kier alpha value is -2.01. The van der Waals surface area contributed by atoms with Crippen LogP contribution < -0.4 is 10.1 Å². The van der Waals surface area contributed by atoms with Crippen molar-refractivity contribution < 1.29 is 17.9 Å². The first-order chi connectivity index (χ1) is 13.8. The lowest BCUT2D eigenvalue weighted by Gasteiger charge is -2.25. The van der Waals surface area contributed by atoms with Crippen molar-refractivity contribution in [3.63, 3.8) is 0 Å². The smallest absolute Gasteiger partial charge is 0.243 e. The van der Waals surface area contributed by atoms with Gasteiger partial charge in [0.1, 0.15) is 5.75 Å². The van der Waals surface area contributed by atoms with E-state index >= 15 is 0 Å². The van der Waals surface area contributed by atoms with Crippen LogP contribution in [0.1, 0.15) is 19.5 Å². The highest BCUT2D eigenvalue weighted by atomic mass is 32.2. The minimum atomic E-state index is -3.85. The number of sulfonamides is 1. The second kappa shape index (κ2) is 10.7. The molecule has 8 nitrogen and oxygen atoms in total. The monoisotopic (exact) mass is 440 g/mol. The molecule has 0 aliphatic heterocycles. The van der Waals surface area contributed by atoms with Gasteiger partial charge in [-0.1, -0.05) is 13.8 Å². The molecule has 2 aromatic rings. The summed E-state index contributed by atoms with van der Waals surface area (Å²) in [6, 6.07) is 6.16. The summed E-state index contributed by atoms with van der Waals surface area (Å²) < 4.78 is 32.7. The van der Waals surface area contributed by atoms with Gasteiger partial charge in [-0.25, -0.2) is 13.4 Å². The number of nitrogens with zero attached hydrogens (tertiary/aromatic N) is 3. The Morgan fingerprint density at radius 3 is 2.34 bits per heavy atom. The Labute approximate surface area is 176 Å². The number of nitrogens with one attached hydrogen (secondary N) is 1. The molecule has 0 radical (unpaired) electrons. The SMILES string of the molecule is CCN(CC)CCN(CC(=O)Nc1nc(C)cs1)S(=O)(=O)c1ccc(OC)cc1. The number of benzene rings is 1. The molecule has 1 N–H and O–H groups in total. The predicted octanol–water partition coefficient (Wildman–Crippen LogP) is 2.43. The highest BCUT2D eigenvalue weighted by molar-refractivity contribution is 7.89. The van der Waals surface area contributed by atoms with Gasteiger partial charge in [-0.3, -0.25) is 4.79 Å². The maximum Gasteiger partial charge on any atom is 0.243 e. The van der Waals surface area contributed by atoms with Crippen molar-refractivity contribution in [1.82, 2.24) is 14.2 Å². The van der Waals surface area contributed by atoms with Crippen LogP contribution in [-0.2, 0) is 14.8 Å². The average molecular weight is 441 g/mol. The molecule has 1 aromatic heterocycles. The van der Waals surface area contributed by atoms with Gasteiger partial charge < -0.3 is 15.0 Å². The largest absolute Gasteiger partial charge is 0.497 e. The van der Waals surface area contributed by atoms with Crippen molar-refractivity contribution in [2.75, 3.05) is 45.2 Å². The summed E-state index contributed by atoms with van der Waals surface area (Å²) in [5, 5.41) is 4.96. The molecule has 0 saturated heterocycles. The zero-order chi connectivity index (χ0) is 21.4. The van der Waals surface area contributed by atoms with Crippen molar-refractivity contribution >= 4 is 32.4 Å². The maximum absolute atomic E-state index is 13.2. The highest BCUT2D eigenvalue weighted by Crippen LogP contribution is 2.20. The summed E-state index contributed by atoms with van der Waals surface area (Å²) in [6.45, 7) is 7.93. The number of aromatic nitrogens is 1. The van der Waals surface area contributed by atoms with E-state index in [1.54, 1.807) is 12.1 Å². The Balaban J connectivity index is 2.20. The molecule has 1 amide bonds. The number of carbonyl (C=O) groups excluding carboxylic acids is 1. The minimum absolute atomic E-state index is 0.121. The summed E-state index contributed by atoms with van der Waals surface area (Å²) in [4.78, 5) is 18.9. The molecule has 0 aliphatic rings. The second-order valence-electron chi connectivity index (χ2n) is 6.38. The molecular formula is C19H28N4O4S2. The van der Waals surface area contributed by atoms with Crippen molar-refractivity contribution in [2.24, 2.45) is 0 Å². The van der Waals surface area contributed by atoms with Crippen LogP contribution in [0.25, 0.3) is 0 Å². The molecule has 0 spiro atoms. The fourth-order valence-electron chi connectivity index (χ4n) is 2.70. The molecule has 2 rings (SSSR count). The number of thiazole rings is 1. The third-order valence-electron chi connectivity index (χ3n) is 4.44. The number of aryl methyl sites for hydroxylation is 1. The molecule has 160 valence electrons. The van der Waals surface area contributed by atoms with E-state index in [-0.39, 0.29) is 18.0 Å². The Bertz CT molecular complexity index is 893. The molecule has 29 heavy (non-hydrogen) atoms. The number of amides is 1. The van der Waals surface area contributed by atoms with E-state index in [2.05, 4.69) is 15.2 Å². The summed E-state index contributed by atoms with van der Waals surface area (Å²) in [7, 11) is -2.33. The fraction of sp³-hybridized carbons (Fsp3) is 0.474. The number of hydrogen-bond acceptors (Lipinski definition) is 7. The first-order valence-electron chi connectivity index (χ1n) is 9.38. The van der Waals surface area contributed by atoms with Gasteiger partial charge in [0, 0.05) is 18.5 Å². The summed E-state index contributed by atoms with van der Waals surface area (Å²) in [5.41, 5.74) is 0.801. The zero-order valence-corrected chi connectivity index (χ0v) is 18.8. The molecule has 10 heteroatoms. The standard InChI is InChI=1S/C19H28N4O4S2/c1-5-22(6-2)11-12-23(13-18(24)21-19-20-15(3)14-28-19)29(25,26)17-9-7-16(27-4)8-10-17/h7-10,14H,5-6,11-13H2,1-4H3,(H,20,21,24). The van der Waals surface area contributed by atoms with Gasteiger partial charge in [0.15, 0.2) is 5.13 Å². The number of methoxy groups -OCH3 is 1. The van der Waals surface area contributed by atoms with E-state index < -0.39 is 15.9 Å². The lowest BCUT2D eigenvalue weighted by Crippen LogP contribution is -2.42. The third-order valence-corrected chi connectivity index (χ3v) is 7.18. The van der Waals surface area contributed by atoms with E-state index in [1.165, 1.54) is 34.9 Å². The van der Waals surface area contributed by atoms with Crippen molar-refractivity contribution in [1.29, 1.82) is 0 Å². The fourth-order valence-corrected chi connectivity index (χ4v) is 4.80. The summed E-state index contributed by atoms with van der Waals surface area (Å²) in [6.07, 6.45) is 0. The van der Waals surface area contributed by atoms with Gasteiger partial charge in [-0.15, -0.1) is 11.3 Å². The van der Waals surface area contributed by atoms with E-state index in [1.807, 2.05) is 26.2 Å². The van der Waals surface area contributed by atoms with Gasteiger partial charge in [0.2, 0.25) is 15.9 Å². The molecule has 0 unspecified atom stereocenters. The number of anilines is 1. The van der Waals surface area contributed by atoms with Gasteiger partial charge in [0.05, 0.1) is 24.2 Å². The maximum atomic E-state index is 13.2. The Morgan fingerprint density at radius 2 is 1.83 bits per heavy atom. The topological polar surface area (TPSA) is 91.8 Å². The molecule has 0 aliphatic carbocycles. The van der Waals surface area contributed by atoms with Gasteiger partial charge in [-0.2, -0.15) is 4.31 Å². The lowest BCUT2D eigenvalue weighted by molar-refractivity contribution is -0.116. The number of likely N-dealkylation sites (N-methyl/N-ethyl adjacent to an activating group) is 1. The first-order valence-corrected chi connectivity index (χ1v) is 11.7. The van der Waals surface area contributed by atoms with E-state index in [0.717, 1.165) is 18.8 Å². The zero-order valence-electron chi connectivity index (χ0n) is 17.2. The molecule has 0 bridgehead atoms. The summed E-state index contributed by atoms with van der Waals surface area (Å²) >= 11 is 1.31. The van der Waals surface area contributed by atoms with E-state index in [9.17, 15) is 13.2 Å². The third kappa shape index (κ3) is 6.49. The number of hydrogen-bond donors (Lipinski definition) is 1. The van der Waals surface area contributed by atoms with Crippen LogP contribution in [0.15, 0.2) is 34.5 Å². The Kier molecular flexibility index (Phi) is 8.57. The van der Waals surface area contributed by atoms with Gasteiger partial charge in [0.25, 0.3) is 0 Å². The number of carbonyl (C=O) groups is 1. The molecular weight excluding hydrogens is 412 g/mol. The molecule has 1 aromatic carbocycles. The van der Waals surface area contributed by atoms with Crippen molar-refractivity contribution in [2.45, 2.75) is 25.7 Å². The van der Waals surface area contributed by atoms with Crippen LogP contribution in [0.2, 0.25) is 0 Å². The Morgan fingerprint density at radius 1 is 1.17 bits per heavy atom. The van der Waals surface area contributed by atoms with Gasteiger partial charge >= 0.3 is 0 Å². The normalized spacial score (nSPS) is 11.8. The van der Waals surface area contributed by atoms with Crippen LogP contribution in [0, 0.1) is 6.92 Å². The quantitative estimate of drug-likeness (QED) is 0.577. The molecule has 0 fully saturated rings. The van der Waals surface area contributed by atoms with Crippen molar-refractivity contribution in [3.05, 3.63) is 35.3 Å². The van der Waals surface area contributed by atoms with E-state index in [4.69, 9.17) is 4.74 Å². The van der Waals surface area contributed by atoms with Crippen LogP contribution in [-0.4, -0.2) is 68.3 Å². The van der Waals surface area contributed by atoms with Crippen LogP contribution in [0.5, 0.6) is 5.75 Å². The second-order valence-corrected chi connectivity index (χ2v) is 9.18. The molecule has 0 saturated carbocycles. The highest BCUT2D eigenvalue weighted by Gasteiger charge is 2.27. The van der Waals surface area contributed by atoms with E-state index in [0.29, 0.717) is 17.4 Å². The lowest BCUT2D eigenvalue weighted by atomic mass is 10.3. The first kappa shape index (κ1) is 23.3. The number of ether oxygens (including phenoxy) is 1. The average Bonchev–Trinajstić information content (AvgIpc) is 3.12.